The zero-order chi connectivity index (χ0) is 9.42. The Labute approximate surface area is 99.9 Å². The second-order valence-electron chi connectivity index (χ2n) is 2.91. The molecular weight excluding hydrogens is 311 g/mol. The van der Waals surface area contributed by atoms with Crippen LogP contribution in [0.1, 0.15) is 5.56 Å². The molecule has 1 aromatic heterocycles. The fourth-order valence-corrected chi connectivity index (χ4v) is 4.92. The molecule has 68 valence electrons. The van der Waals surface area contributed by atoms with Crippen LogP contribution in [0.2, 0.25) is 0 Å². The smallest absolute Gasteiger partial charge is 0.0801 e. The molecular formula is C10H9IS2. The van der Waals surface area contributed by atoms with E-state index in [1.165, 1.54) is 23.4 Å². The Balaban J connectivity index is 2.79. The molecule has 1 aromatic carbocycles. The van der Waals surface area contributed by atoms with Crippen molar-refractivity contribution >= 4 is 55.8 Å². The molecule has 0 nitrogen and oxygen atoms in total. The highest BCUT2D eigenvalue weighted by atomic mass is 127. The van der Waals surface area contributed by atoms with Gasteiger partial charge in [0.05, 0.1) is 2.88 Å². The number of rotatable bonds is 1. The van der Waals surface area contributed by atoms with Crippen molar-refractivity contribution in [3.63, 3.8) is 0 Å². The van der Waals surface area contributed by atoms with Crippen molar-refractivity contribution in [2.24, 2.45) is 0 Å². The van der Waals surface area contributed by atoms with Gasteiger partial charge >= 0.3 is 0 Å². The third-order valence-electron chi connectivity index (χ3n) is 1.96. The number of benzene rings is 1. The summed E-state index contributed by atoms with van der Waals surface area (Å²) in [5.41, 5.74) is 1.35. The first-order chi connectivity index (χ1) is 6.22. The molecule has 0 aliphatic carbocycles. The largest absolute Gasteiger partial charge is 0.128 e. The van der Waals surface area contributed by atoms with E-state index < -0.39 is 0 Å². The van der Waals surface area contributed by atoms with Crippen molar-refractivity contribution in [2.75, 3.05) is 6.26 Å². The first kappa shape index (κ1) is 9.80. The average molecular weight is 320 g/mol. The van der Waals surface area contributed by atoms with Gasteiger partial charge in [-0.25, -0.2) is 0 Å². The SMILES string of the molecule is CSc1c(I)sc2cc(C)ccc12. The molecule has 0 aliphatic rings. The number of hydrogen-bond donors (Lipinski definition) is 0. The van der Waals surface area contributed by atoms with E-state index in [-0.39, 0.29) is 0 Å². The molecule has 13 heavy (non-hydrogen) atoms. The van der Waals surface area contributed by atoms with Gasteiger partial charge in [0.15, 0.2) is 0 Å². The van der Waals surface area contributed by atoms with Crippen LogP contribution in [-0.2, 0) is 0 Å². The summed E-state index contributed by atoms with van der Waals surface area (Å²) in [6.45, 7) is 2.14. The number of aryl methyl sites for hydroxylation is 1. The van der Waals surface area contributed by atoms with Gasteiger partial charge in [0.1, 0.15) is 0 Å². The fraction of sp³-hybridized carbons (Fsp3) is 0.200. The minimum atomic E-state index is 1.35. The Morgan fingerprint density at radius 1 is 1.38 bits per heavy atom. The number of thioether (sulfide) groups is 1. The second-order valence-corrected chi connectivity index (χ2v) is 6.59. The lowest BCUT2D eigenvalue weighted by Gasteiger charge is -1.95. The highest BCUT2D eigenvalue weighted by Gasteiger charge is 2.08. The van der Waals surface area contributed by atoms with Gasteiger partial charge in [-0.2, -0.15) is 0 Å². The summed E-state index contributed by atoms with van der Waals surface area (Å²) in [4.78, 5) is 1.43. The number of thiophene rings is 1. The predicted octanol–water partition coefficient (Wildman–Crippen LogP) is 4.54. The van der Waals surface area contributed by atoms with Crippen LogP contribution in [0.3, 0.4) is 0 Å². The van der Waals surface area contributed by atoms with Crippen LogP contribution >= 0.6 is 45.7 Å². The van der Waals surface area contributed by atoms with Gasteiger partial charge in [-0.1, -0.05) is 12.1 Å². The average Bonchev–Trinajstić information content (AvgIpc) is 2.39. The Hall–Kier alpha value is 0.260. The molecule has 0 atom stereocenters. The van der Waals surface area contributed by atoms with Crippen LogP contribution in [0.15, 0.2) is 23.1 Å². The van der Waals surface area contributed by atoms with Crippen molar-refractivity contribution in [3.05, 3.63) is 26.6 Å². The molecule has 3 heteroatoms. The van der Waals surface area contributed by atoms with Gasteiger partial charge < -0.3 is 0 Å². The van der Waals surface area contributed by atoms with Crippen molar-refractivity contribution < 1.29 is 0 Å². The summed E-state index contributed by atoms with van der Waals surface area (Å²) in [5, 5.41) is 1.41. The Morgan fingerprint density at radius 2 is 2.15 bits per heavy atom. The number of fused-ring (bicyclic) bond motifs is 1. The molecule has 0 aliphatic heterocycles. The van der Waals surface area contributed by atoms with Crippen molar-refractivity contribution in [1.29, 1.82) is 0 Å². The van der Waals surface area contributed by atoms with E-state index in [9.17, 15) is 0 Å². The molecule has 0 radical (unpaired) electrons. The predicted molar refractivity (Wildman–Crippen MR) is 71.1 cm³/mol. The third kappa shape index (κ3) is 1.74. The van der Waals surface area contributed by atoms with E-state index in [4.69, 9.17) is 0 Å². The van der Waals surface area contributed by atoms with Gasteiger partial charge in [-0.05, 0) is 47.4 Å². The summed E-state index contributed by atoms with van der Waals surface area (Å²) in [5.74, 6) is 0. The normalized spacial score (nSPS) is 11.0. The zero-order valence-corrected chi connectivity index (χ0v) is 11.2. The van der Waals surface area contributed by atoms with E-state index in [0.29, 0.717) is 0 Å². The highest BCUT2D eigenvalue weighted by molar-refractivity contribution is 14.1. The molecule has 0 bridgehead atoms. The first-order valence-corrected chi connectivity index (χ1v) is 7.07. The minimum absolute atomic E-state index is 1.35. The maximum absolute atomic E-state index is 2.42. The molecule has 2 aromatic rings. The highest BCUT2D eigenvalue weighted by Crippen LogP contribution is 2.38. The Morgan fingerprint density at radius 3 is 2.85 bits per heavy atom. The zero-order valence-electron chi connectivity index (χ0n) is 7.43. The van der Waals surface area contributed by atoms with Gasteiger partial charge in [0.2, 0.25) is 0 Å². The van der Waals surface area contributed by atoms with Crippen LogP contribution in [0.5, 0.6) is 0 Å². The van der Waals surface area contributed by atoms with Gasteiger partial charge in [0, 0.05) is 15.0 Å². The molecule has 0 saturated carbocycles. The van der Waals surface area contributed by atoms with Crippen LogP contribution in [0.25, 0.3) is 10.1 Å². The van der Waals surface area contributed by atoms with Crippen LogP contribution in [0.4, 0.5) is 0 Å². The van der Waals surface area contributed by atoms with Gasteiger partial charge in [-0.3, -0.25) is 0 Å². The molecule has 0 fully saturated rings. The molecule has 0 amide bonds. The summed E-state index contributed by atoms with van der Waals surface area (Å²) >= 11 is 6.15. The monoisotopic (exact) mass is 320 g/mol. The van der Waals surface area contributed by atoms with Crippen LogP contribution in [-0.4, -0.2) is 6.26 Å². The van der Waals surface area contributed by atoms with Gasteiger partial charge in [0.25, 0.3) is 0 Å². The lowest BCUT2D eigenvalue weighted by Crippen LogP contribution is -1.71. The fourth-order valence-electron chi connectivity index (χ4n) is 1.34. The van der Waals surface area contributed by atoms with E-state index in [1.807, 2.05) is 23.1 Å². The Bertz CT molecular complexity index is 445. The molecule has 1 heterocycles. The topological polar surface area (TPSA) is 0 Å². The minimum Gasteiger partial charge on any atom is -0.128 e. The molecule has 0 unspecified atom stereocenters. The summed E-state index contributed by atoms with van der Waals surface area (Å²) in [6, 6.07) is 6.68. The van der Waals surface area contributed by atoms with Crippen LogP contribution < -0.4 is 0 Å². The second kappa shape index (κ2) is 3.79. The molecule has 2 rings (SSSR count). The van der Waals surface area contributed by atoms with E-state index in [2.05, 4.69) is 54.0 Å². The number of hydrogen-bond acceptors (Lipinski definition) is 2. The van der Waals surface area contributed by atoms with Crippen molar-refractivity contribution in [2.45, 2.75) is 11.8 Å². The maximum Gasteiger partial charge on any atom is 0.0801 e. The quantitative estimate of drug-likeness (QED) is 0.549. The third-order valence-corrected chi connectivity index (χ3v) is 5.43. The summed E-state index contributed by atoms with van der Waals surface area (Å²) in [7, 11) is 0. The number of halogens is 1. The standard InChI is InChI=1S/C10H9IS2/c1-6-3-4-7-8(5-6)13-10(11)9(7)12-2/h3-5H,1-2H3. The van der Waals surface area contributed by atoms with E-state index in [1.54, 1.807) is 0 Å². The van der Waals surface area contributed by atoms with E-state index >= 15 is 0 Å². The molecule has 0 spiro atoms. The first-order valence-electron chi connectivity index (χ1n) is 3.95. The summed E-state index contributed by atoms with van der Waals surface area (Å²) < 4.78 is 2.82. The van der Waals surface area contributed by atoms with E-state index in [0.717, 1.165) is 0 Å². The van der Waals surface area contributed by atoms with Crippen molar-refractivity contribution in [1.82, 2.24) is 0 Å². The van der Waals surface area contributed by atoms with Crippen molar-refractivity contribution in [3.8, 4) is 0 Å². The lowest BCUT2D eigenvalue weighted by atomic mass is 10.2. The van der Waals surface area contributed by atoms with Crippen LogP contribution in [0, 0.1) is 9.81 Å². The lowest BCUT2D eigenvalue weighted by molar-refractivity contribution is 1.50. The van der Waals surface area contributed by atoms with Gasteiger partial charge in [-0.15, -0.1) is 23.1 Å². The maximum atomic E-state index is 2.42. The summed E-state index contributed by atoms with van der Waals surface area (Å²) in [6.07, 6.45) is 2.14. The Kier molecular flexibility index (Phi) is 2.86. The molecule has 0 N–H and O–H groups in total. The molecule has 0 saturated heterocycles.